The van der Waals surface area contributed by atoms with E-state index in [9.17, 15) is 29.3 Å². The maximum absolute atomic E-state index is 13.9. The average molecular weight is 1350 g/mol. The minimum absolute atomic E-state index is 0. The van der Waals surface area contributed by atoms with Gasteiger partial charge in [-0.1, -0.05) is 60.7 Å². The smallest absolute Gasteiger partial charge is 0.287 e. The Morgan fingerprint density at radius 2 is 0.894 bits per heavy atom. The molecule has 10 heterocycles. The number of Topliss-reactive ketones (excluding diaryl/α,β-unsaturated/α-hetero) is 1. The van der Waals surface area contributed by atoms with E-state index in [4.69, 9.17) is 4.74 Å². The number of hydrogen-bond acceptors (Lipinski definition) is 14. The Labute approximate surface area is 553 Å². The van der Waals surface area contributed by atoms with E-state index in [1.807, 2.05) is 82.3 Å². The summed E-state index contributed by atoms with van der Waals surface area (Å²) in [6.07, 6.45) is 17.5. The Kier molecular flexibility index (Phi) is 19.1. The van der Waals surface area contributed by atoms with Crippen LogP contribution < -0.4 is 26.0 Å². The summed E-state index contributed by atoms with van der Waals surface area (Å²) in [6, 6.07) is 40.1. The van der Waals surface area contributed by atoms with Gasteiger partial charge in [-0.25, -0.2) is 0 Å². The van der Waals surface area contributed by atoms with Gasteiger partial charge >= 0.3 is 0 Å². The van der Waals surface area contributed by atoms with Crippen LogP contribution in [0.4, 0.5) is 22.7 Å². The number of aromatic nitrogens is 10. The molecule has 0 spiro atoms. The molecule has 0 atom stereocenters. The summed E-state index contributed by atoms with van der Waals surface area (Å²) in [5.41, 5.74) is 5.16. The first-order valence-corrected chi connectivity index (χ1v) is 30.0. The summed E-state index contributed by atoms with van der Waals surface area (Å²) in [5.74, 6) is -0.835. The van der Waals surface area contributed by atoms with Gasteiger partial charge in [0.2, 0.25) is 5.91 Å². The summed E-state index contributed by atoms with van der Waals surface area (Å²) in [5, 5.41) is 29.5. The molecule has 94 heavy (non-hydrogen) atoms. The van der Waals surface area contributed by atoms with Crippen molar-refractivity contribution in [2.75, 3.05) is 22.5 Å². The summed E-state index contributed by atoms with van der Waals surface area (Å²) in [4.78, 5) is 91.3. The Balaban J connectivity index is 0.000000267. The number of nitro groups is 1. The predicted octanol–water partition coefficient (Wildman–Crippen LogP) is 12.8. The normalized spacial score (nSPS) is 11.6. The van der Waals surface area contributed by atoms with Gasteiger partial charge < -0.3 is 44.3 Å². The maximum Gasteiger partial charge on any atom is 0.287 e. The van der Waals surface area contributed by atoms with E-state index in [2.05, 4.69) is 99.7 Å². The molecular weight excluding hydrogens is 1280 g/mol. The Bertz CT molecular complexity index is 4830. The van der Waals surface area contributed by atoms with Gasteiger partial charge in [0.15, 0.2) is 5.78 Å². The number of pyridine rings is 6. The molecule has 0 bridgehead atoms. The molecule has 4 N–H and O–H groups in total. The van der Waals surface area contributed by atoms with Crippen molar-refractivity contribution in [1.82, 2.24) is 53.5 Å². The average Bonchev–Trinajstić information content (AvgIpc) is 0.981. The van der Waals surface area contributed by atoms with Crippen LogP contribution in [0.25, 0.3) is 65.4 Å². The fraction of sp³-hybridized carbons (Fsp3) is 0.211. The van der Waals surface area contributed by atoms with Crippen LogP contribution in [0.15, 0.2) is 189 Å². The summed E-state index contributed by atoms with van der Waals surface area (Å²) >= 11 is 0. The Morgan fingerprint density at radius 1 is 0.489 bits per heavy atom. The van der Waals surface area contributed by atoms with Crippen molar-refractivity contribution in [2.24, 2.45) is 28.2 Å². The summed E-state index contributed by atoms with van der Waals surface area (Å²) in [6.45, 7) is 11.6. The molecular formula is C71H69N15O7Ru. The van der Waals surface area contributed by atoms with Crippen LogP contribution >= 0.6 is 0 Å². The van der Waals surface area contributed by atoms with Crippen molar-refractivity contribution >= 4 is 112 Å². The number of benzene rings is 3. The third-order valence-electron chi connectivity index (χ3n) is 16.3. The number of ether oxygens (including phenoxy) is 1. The molecule has 10 aromatic heterocycles. The molecule has 478 valence electrons. The van der Waals surface area contributed by atoms with Crippen molar-refractivity contribution in [3.8, 4) is 5.75 Å². The van der Waals surface area contributed by atoms with Crippen molar-refractivity contribution in [3.05, 3.63) is 222 Å². The first kappa shape index (κ1) is 66.0. The fourth-order valence-electron chi connectivity index (χ4n) is 11.2. The molecule has 0 saturated heterocycles. The molecule has 22 nitrogen and oxygen atoms in total. The molecule has 3 amide bonds. The molecule has 0 radical (unpaired) electrons. The van der Waals surface area contributed by atoms with Crippen molar-refractivity contribution < 1.29 is 48.3 Å². The molecule has 0 fully saturated rings. The molecule has 0 aliphatic rings. The third-order valence-corrected chi connectivity index (χ3v) is 16.3. The van der Waals surface area contributed by atoms with Crippen LogP contribution in [-0.4, -0.2) is 94.3 Å². The predicted molar refractivity (Wildman–Crippen MR) is 363 cm³/mol. The van der Waals surface area contributed by atoms with E-state index in [1.165, 1.54) is 23.9 Å². The largest absolute Gasteiger partial charge is 0.487 e. The SMILES string of the molecule is Cn1cc(NC(=O)C(C)(C)c2cc(NC(=O)c3cc([N+](=O)[O-])cn3C)cn2C)cc1C(=O)Nc1cc(C(=O)C(C)(C)NCCC(C)(C)Oc2ccnc3c2ccc2cccnc23)n(C)c1.[Ru].c1cnc2c(c1)ccc1cccnc12.c1cnc2c(c1)ccc1cccnc12. The van der Waals surface area contributed by atoms with Crippen LogP contribution in [0.5, 0.6) is 5.75 Å². The van der Waals surface area contributed by atoms with Crippen LogP contribution in [0.1, 0.15) is 85.1 Å². The molecule has 13 aromatic rings. The van der Waals surface area contributed by atoms with Gasteiger partial charge in [0.25, 0.3) is 17.5 Å². The molecule has 0 unspecified atom stereocenters. The van der Waals surface area contributed by atoms with E-state index in [1.54, 1.807) is 123 Å². The van der Waals surface area contributed by atoms with Gasteiger partial charge in [0.1, 0.15) is 28.3 Å². The standard InChI is InChI=1S/C47H53N11O7.2C12H8N2.Ru/c1-45(2,65-37-15-18-49-40-33(37)14-13-28-12-11-17-48-39(28)40)16-19-50-47(5,6)41(59)34-20-29(24-54(34)7)51-42(60)35-21-30(25-55(35)8)53-44(62)46(3,4)38-22-31(26-57(38)10)52-43(61)36-23-32(58(63)64)27-56(36)9;2*1-3-9-5-6-10-4-2-8-14-12(10)11(9)13-7-1;/h11-15,17-18,20-27,50H,16,19H2,1-10H3,(H,51,60)(H,52,61)(H,53,62);2*1-8H;. The van der Waals surface area contributed by atoms with Crippen molar-refractivity contribution in [1.29, 1.82) is 0 Å². The summed E-state index contributed by atoms with van der Waals surface area (Å²) < 4.78 is 12.9. The van der Waals surface area contributed by atoms with Gasteiger partial charge in [-0.2, -0.15) is 0 Å². The number of anilines is 3. The van der Waals surface area contributed by atoms with Gasteiger partial charge in [-0.15, -0.1) is 0 Å². The first-order chi connectivity index (χ1) is 44.4. The van der Waals surface area contributed by atoms with Crippen LogP contribution in [0.2, 0.25) is 0 Å². The number of carbonyl (C=O) groups is 4. The zero-order valence-electron chi connectivity index (χ0n) is 53.4. The van der Waals surface area contributed by atoms with Crippen molar-refractivity contribution in [2.45, 2.75) is 64.5 Å². The van der Waals surface area contributed by atoms with E-state index in [0.29, 0.717) is 47.2 Å². The molecule has 0 aliphatic heterocycles. The number of fused-ring (bicyclic) bond motifs is 9. The van der Waals surface area contributed by atoms with Crippen LogP contribution in [-0.2, 0) is 57.9 Å². The van der Waals surface area contributed by atoms with Crippen molar-refractivity contribution in [3.63, 3.8) is 0 Å². The topological polar surface area (TPSA) is 266 Å². The van der Waals surface area contributed by atoms with Gasteiger partial charge in [0, 0.05) is 148 Å². The van der Waals surface area contributed by atoms with Gasteiger partial charge in [0.05, 0.1) is 72.4 Å². The molecule has 13 rings (SSSR count). The maximum atomic E-state index is 13.9. The number of ketones is 1. The van der Waals surface area contributed by atoms with Crippen LogP contribution in [0.3, 0.4) is 0 Å². The Hall–Kier alpha value is -10.9. The Morgan fingerprint density at radius 3 is 1.38 bits per heavy atom. The number of nitrogens with one attached hydrogen (secondary N) is 4. The quantitative estimate of drug-likeness (QED) is 0.0230. The number of hydrogen-bond donors (Lipinski definition) is 4. The second-order valence-corrected chi connectivity index (χ2v) is 24.4. The minimum Gasteiger partial charge on any atom is -0.487 e. The molecule has 0 aliphatic carbocycles. The second-order valence-electron chi connectivity index (χ2n) is 24.4. The fourth-order valence-corrected chi connectivity index (χ4v) is 11.2. The van der Waals surface area contributed by atoms with Crippen LogP contribution in [0, 0.1) is 10.1 Å². The number of nitrogens with zero attached hydrogens (tertiary/aromatic N) is 11. The number of aryl methyl sites for hydroxylation is 4. The number of carbonyl (C=O) groups excluding carboxylic acids is 4. The first-order valence-electron chi connectivity index (χ1n) is 30.0. The monoisotopic (exact) mass is 1350 g/mol. The zero-order valence-corrected chi connectivity index (χ0v) is 55.2. The van der Waals surface area contributed by atoms with Gasteiger partial charge in [-0.3, -0.25) is 59.2 Å². The van der Waals surface area contributed by atoms with E-state index in [0.717, 1.165) is 65.4 Å². The number of amides is 3. The third kappa shape index (κ3) is 14.1. The van der Waals surface area contributed by atoms with E-state index >= 15 is 0 Å². The summed E-state index contributed by atoms with van der Waals surface area (Å²) in [7, 11) is 6.70. The number of rotatable bonds is 16. The molecule has 0 saturated carbocycles. The second kappa shape index (κ2) is 27.1. The zero-order chi connectivity index (χ0) is 65.9. The van der Waals surface area contributed by atoms with Gasteiger partial charge in [-0.05, 0) is 115 Å². The molecule has 23 heteroatoms. The van der Waals surface area contributed by atoms with E-state index in [-0.39, 0.29) is 48.2 Å². The molecule has 3 aromatic carbocycles. The van der Waals surface area contributed by atoms with E-state index < -0.39 is 33.3 Å². The minimum atomic E-state index is -1.11.